The standard InChI is InChI=1S/C24H21ClFN9O/c1-2-20-31-23(35(32-20)21-10-7-15-5-3-4-6-19(15)30-21)13-33(24(27)36)12-22-28-14-29-34(22)16-8-9-17(25)18(26)11-16/h3-11,14H,2,12-13H2,1H3,(H2,27,36). The molecule has 2 amide bonds. The first-order valence-electron chi connectivity index (χ1n) is 11.1. The minimum Gasteiger partial charge on any atom is -0.351 e. The van der Waals surface area contributed by atoms with Crippen LogP contribution in [-0.4, -0.2) is 45.4 Å². The molecule has 0 saturated heterocycles. The summed E-state index contributed by atoms with van der Waals surface area (Å²) in [5.41, 5.74) is 6.93. The topological polar surface area (TPSA) is 121 Å². The molecule has 3 heterocycles. The summed E-state index contributed by atoms with van der Waals surface area (Å²) in [6.45, 7) is 1.98. The molecule has 0 aliphatic rings. The smallest absolute Gasteiger partial charge is 0.315 e. The average Bonchev–Trinajstić information content (AvgIpc) is 3.52. The molecule has 0 saturated carbocycles. The van der Waals surface area contributed by atoms with Crippen LogP contribution in [0.5, 0.6) is 0 Å². The van der Waals surface area contributed by atoms with Gasteiger partial charge in [0.05, 0.1) is 29.3 Å². The highest BCUT2D eigenvalue weighted by Gasteiger charge is 2.21. The molecule has 0 fully saturated rings. The summed E-state index contributed by atoms with van der Waals surface area (Å²) >= 11 is 5.80. The van der Waals surface area contributed by atoms with Crippen LogP contribution >= 0.6 is 11.6 Å². The molecular formula is C24H21ClFN9O. The molecule has 36 heavy (non-hydrogen) atoms. The highest BCUT2D eigenvalue weighted by Crippen LogP contribution is 2.20. The Morgan fingerprint density at radius 3 is 2.64 bits per heavy atom. The summed E-state index contributed by atoms with van der Waals surface area (Å²) in [5, 5.41) is 9.73. The van der Waals surface area contributed by atoms with Crippen LogP contribution in [0.2, 0.25) is 5.02 Å². The third-order valence-electron chi connectivity index (χ3n) is 5.58. The first-order valence-corrected chi connectivity index (χ1v) is 11.5. The van der Waals surface area contributed by atoms with Crippen LogP contribution in [0.4, 0.5) is 9.18 Å². The molecule has 0 spiro atoms. The highest BCUT2D eigenvalue weighted by atomic mass is 35.5. The van der Waals surface area contributed by atoms with Crippen LogP contribution in [-0.2, 0) is 19.5 Å². The SMILES string of the molecule is CCc1nc(CN(Cc2ncnn2-c2ccc(Cl)c(F)c2)C(N)=O)n(-c2ccc3ccccc3n2)n1. The van der Waals surface area contributed by atoms with Crippen LogP contribution in [0.25, 0.3) is 22.4 Å². The molecule has 0 atom stereocenters. The third-order valence-corrected chi connectivity index (χ3v) is 5.88. The van der Waals surface area contributed by atoms with E-state index in [0.717, 1.165) is 10.9 Å². The minimum absolute atomic E-state index is 0.000946. The maximum Gasteiger partial charge on any atom is 0.315 e. The summed E-state index contributed by atoms with van der Waals surface area (Å²) in [5.74, 6) is 1.44. The van der Waals surface area contributed by atoms with E-state index in [1.807, 2.05) is 43.3 Å². The summed E-state index contributed by atoms with van der Waals surface area (Å²) in [4.78, 5) is 27.3. The van der Waals surface area contributed by atoms with Gasteiger partial charge < -0.3 is 10.6 Å². The highest BCUT2D eigenvalue weighted by molar-refractivity contribution is 6.30. The number of nitrogens with zero attached hydrogens (tertiary/aromatic N) is 8. The second kappa shape index (κ2) is 9.70. The fourth-order valence-corrected chi connectivity index (χ4v) is 3.88. The lowest BCUT2D eigenvalue weighted by Gasteiger charge is -2.20. The largest absolute Gasteiger partial charge is 0.351 e. The lowest BCUT2D eigenvalue weighted by atomic mass is 10.2. The zero-order valence-electron chi connectivity index (χ0n) is 19.2. The van der Waals surface area contributed by atoms with Crippen molar-refractivity contribution in [3.8, 4) is 11.5 Å². The number of para-hydroxylation sites is 1. The first-order chi connectivity index (χ1) is 17.4. The Morgan fingerprint density at radius 1 is 1.06 bits per heavy atom. The summed E-state index contributed by atoms with van der Waals surface area (Å²) in [6.07, 6.45) is 1.91. The Hall–Kier alpha value is -4.38. The zero-order valence-corrected chi connectivity index (χ0v) is 20.0. The number of halogens is 2. The maximum absolute atomic E-state index is 14.0. The lowest BCUT2D eigenvalue weighted by molar-refractivity contribution is 0.198. The molecule has 2 N–H and O–H groups in total. The average molecular weight is 506 g/mol. The quantitative estimate of drug-likeness (QED) is 0.359. The summed E-state index contributed by atoms with van der Waals surface area (Å²) < 4.78 is 17.0. The van der Waals surface area contributed by atoms with Crippen molar-refractivity contribution in [1.29, 1.82) is 0 Å². The molecule has 3 aromatic heterocycles. The van der Waals surface area contributed by atoms with Crippen molar-refractivity contribution in [3.63, 3.8) is 0 Å². The fourth-order valence-electron chi connectivity index (χ4n) is 3.76. The number of benzene rings is 2. The van der Waals surface area contributed by atoms with E-state index in [1.54, 1.807) is 10.7 Å². The lowest BCUT2D eigenvalue weighted by Crippen LogP contribution is -2.36. The number of hydrogen-bond acceptors (Lipinski definition) is 6. The van der Waals surface area contributed by atoms with Crippen LogP contribution in [0.15, 0.2) is 60.9 Å². The van der Waals surface area contributed by atoms with E-state index in [4.69, 9.17) is 22.3 Å². The monoisotopic (exact) mass is 505 g/mol. The number of aromatic nitrogens is 7. The van der Waals surface area contributed by atoms with E-state index >= 15 is 0 Å². The van der Waals surface area contributed by atoms with Gasteiger partial charge in [-0.1, -0.05) is 36.7 Å². The Kier molecular flexibility index (Phi) is 6.30. The molecule has 10 nitrogen and oxygen atoms in total. The van der Waals surface area contributed by atoms with Crippen molar-refractivity contribution in [2.45, 2.75) is 26.4 Å². The van der Waals surface area contributed by atoms with Crippen molar-refractivity contribution in [2.75, 3.05) is 0 Å². The van der Waals surface area contributed by atoms with Gasteiger partial charge in [-0.05, 0) is 30.3 Å². The molecule has 0 unspecified atom stereocenters. The van der Waals surface area contributed by atoms with E-state index < -0.39 is 11.8 Å². The number of carbonyl (C=O) groups is 1. The normalized spacial score (nSPS) is 11.2. The van der Waals surface area contributed by atoms with Gasteiger partial charge in [0, 0.05) is 17.9 Å². The van der Waals surface area contributed by atoms with Crippen LogP contribution < -0.4 is 5.73 Å². The van der Waals surface area contributed by atoms with Crippen molar-refractivity contribution in [2.24, 2.45) is 5.73 Å². The van der Waals surface area contributed by atoms with Crippen LogP contribution in [0.3, 0.4) is 0 Å². The van der Waals surface area contributed by atoms with Gasteiger partial charge in [0.25, 0.3) is 0 Å². The van der Waals surface area contributed by atoms with Gasteiger partial charge in [0.2, 0.25) is 0 Å². The van der Waals surface area contributed by atoms with Gasteiger partial charge in [-0.25, -0.2) is 28.8 Å². The zero-order chi connectivity index (χ0) is 25.2. The van der Waals surface area contributed by atoms with Crippen molar-refractivity contribution in [3.05, 3.63) is 89.2 Å². The fraction of sp³-hybridized carbons (Fsp3) is 0.167. The maximum atomic E-state index is 14.0. The molecule has 5 aromatic rings. The Morgan fingerprint density at radius 2 is 1.86 bits per heavy atom. The van der Waals surface area contributed by atoms with Crippen molar-refractivity contribution in [1.82, 2.24) is 39.4 Å². The number of rotatable bonds is 7. The van der Waals surface area contributed by atoms with Gasteiger partial charge in [0.15, 0.2) is 23.3 Å². The number of hydrogen-bond donors (Lipinski definition) is 1. The number of primary amides is 1. The Bertz CT molecular complexity index is 1560. The summed E-state index contributed by atoms with van der Waals surface area (Å²) in [6, 6.07) is 15.1. The molecule has 12 heteroatoms. The van der Waals surface area contributed by atoms with E-state index in [1.165, 1.54) is 28.0 Å². The Labute approximate surface area is 210 Å². The van der Waals surface area contributed by atoms with E-state index in [2.05, 4.69) is 20.2 Å². The van der Waals surface area contributed by atoms with E-state index in [-0.39, 0.29) is 18.1 Å². The Balaban J connectivity index is 1.47. The number of nitrogens with two attached hydrogens (primary N) is 1. The van der Waals surface area contributed by atoms with Crippen molar-refractivity contribution >= 4 is 28.5 Å². The second-order valence-corrected chi connectivity index (χ2v) is 8.36. The molecule has 0 aliphatic heterocycles. The third kappa shape index (κ3) is 4.60. The van der Waals surface area contributed by atoms with Gasteiger partial charge >= 0.3 is 6.03 Å². The minimum atomic E-state index is -0.689. The molecule has 5 rings (SSSR count). The number of amides is 2. The van der Waals surface area contributed by atoms with Gasteiger partial charge in [-0.3, -0.25) is 0 Å². The van der Waals surface area contributed by atoms with Crippen LogP contribution in [0.1, 0.15) is 24.4 Å². The molecule has 0 radical (unpaired) electrons. The number of carbonyl (C=O) groups excluding carboxylic acids is 1. The van der Waals surface area contributed by atoms with E-state index in [9.17, 15) is 9.18 Å². The van der Waals surface area contributed by atoms with Gasteiger partial charge in [0.1, 0.15) is 12.1 Å². The second-order valence-electron chi connectivity index (χ2n) is 7.95. The van der Waals surface area contributed by atoms with Gasteiger partial charge in [-0.15, -0.1) is 5.10 Å². The molecule has 182 valence electrons. The van der Waals surface area contributed by atoms with Crippen molar-refractivity contribution < 1.29 is 9.18 Å². The first kappa shape index (κ1) is 23.4. The molecule has 0 bridgehead atoms. The van der Waals surface area contributed by atoms with E-state index in [0.29, 0.717) is 35.4 Å². The summed E-state index contributed by atoms with van der Waals surface area (Å²) in [7, 11) is 0. The molecule has 0 aliphatic carbocycles. The van der Waals surface area contributed by atoms with Gasteiger partial charge in [-0.2, -0.15) is 9.78 Å². The predicted octanol–water partition coefficient (Wildman–Crippen LogP) is 3.83. The number of pyridine rings is 1. The number of fused-ring (bicyclic) bond motifs is 1. The predicted molar refractivity (Wildman–Crippen MR) is 131 cm³/mol. The molecule has 2 aromatic carbocycles. The number of aryl methyl sites for hydroxylation is 1. The molecular weight excluding hydrogens is 485 g/mol. The number of urea groups is 1. The van der Waals surface area contributed by atoms with Crippen LogP contribution in [0, 0.1) is 5.82 Å².